The van der Waals surface area contributed by atoms with Crippen molar-refractivity contribution in [2.75, 3.05) is 32.1 Å². The van der Waals surface area contributed by atoms with Gasteiger partial charge in [-0.05, 0) is 38.5 Å². The highest BCUT2D eigenvalue weighted by Crippen LogP contribution is 2.23. The summed E-state index contributed by atoms with van der Waals surface area (Å²) in [5.74, 6) is 3.10. The standard InChI is InChI=1S/C12H18N2OS.C7H9BrOS.C5H8N2.C2H3N.BrH/c1-10-8-16-9-12(10)15-7-6-14-5-4-13(3)11(14)2;1-6-4-10-5-7(6)9-3-2-8;1-5-6-3-4-7(5)2;1-2-3;/h4-5,8-9,11H,6-7H2,1-3H3;4-5H,2-3H2,1H3;3-4H,1-2H3;1H3;1H/p-1. The number of imidazole rings is 1. The van der Waals surface area contributed by atoms with Crippen molar-refractivity contribution in [3.05, 3.63) is 63.3 Å². The summed E-state index contributed by atoms with van der Waals surface area (Å²) in [6.07, 6.45) is 8.37. The minimum absolute atomic E-state index is 0. The second-order valence-corrected chi connectivity index (χ2v) is 10.1. The first-order chi connectivity index (χ1) is 17.2. The molecule has 0 amide bonds. The largest absolute Gasteiger partial charge is 1.00 e. The van der Waals surface area contributed by atoms with E-state index in [1.54, 1.807) is 34.9 Å². The summed E-state index contributed by atoms with van der Waals surface area (Å²) in [5.41, 5.74) is 2.46. The zero-order valence-corrected chi connectivity index (χ0v) is 27.5. The van der Waals surface area contributed by atoms with Gasteiger partial charge in [-0.25, -0.2) is 4.98 Å². The lowest BCUT2D eigenvalue weighted by atomic mass is 10.4. The van der Waals surface area contributed by atoms with Gasteiger partial charge in [0.1, 0.15) is 23.9 Å². The second-order valence-electron chi connectivity index (χ2n) is 7.87. The molecule has 4 rings (SSSR count). The minimum atomic E-state index is 0. The minimum Gasteiger partial charge on any atom is -1.00 e. The maximum atomic E-state index is 7.32. The molecule has 0 saturated carbocycles. The maximum absolute atomic E-state index is 7.32. The van der Waals surface area contributed by atoms with Crippen LogP contribution in [0.1, 0.15) is 30.8 Å². The third-order valence-electron chi connectivity index (χ3n) is 5.18. The monoisotopic (exact) mass is 674 g/mol. The number of alkyl halides is 1. The van der Waals surface area contributed by atoms with E-state index in [0.717, 1.165) is 42.4 Å². The van der Waals surface area contributed by atoms with E-state index in [4.69, 9.17) is 14.7 Å². The molecule has 1 unspecified atom stereocenters. The third-order valence-corrected chi connectivity index (χ3v) is 7.19. The van der Waals surface area contributed by atoms with Gasteiger partial charge in [0.05, 0.1) is 25.4 Å². The second kappa shape index (κ2) is 20.0. The van der Waals surface area contributed by atoms with E-state index in [0.29, 0.717) is 6.17 Å². The third kappa shape index (κ3) is 13.4. The predicted octanol–water partition coefficient (Wildman–Crippen LogP) is 3.59. The molecule has 7 nitrogen and oxygen atoms in total. The number of aryl methyl sites for hydroxylation is 4. The Morgan fingerprint density at radius 3 is 1.86 bits per heavy atom. The summed E-state index contributed by atoms with van der Waals surface area (Å²) in [6.45, 7) is 12.1. The number of hydrogen-bond donors (Lipinski definition) is 0. The number of aromatic nitrogens is 2. The smallest absolute Gasteiger partial charge is 0.132 e. The van der Waals surface area contributed by atoms with E-state index in [1.165, 1.54) is 18.1 Å². The Bertz CT molecular complexity index is 1040. The molecule has 0 N–H and O–H groups in total. The normalized spacial score (nSPS) is 13.1. The quantitative estimate of drug-likeness (QED) is 0.357. The van der Waals surface area contributed by atoms with Crippen molar-refractivity contribution in [2.45, 2.75) is 40.8 Å². The lowest BCUT2D eigenvalue weighted by Crippen LogP contribution is -3.00. The molecule has 1 aliphatic rings. The first-order valence-electron chi connectivity index (χ1n) is 11.5. The Labute approximate surface area is 249 Å². The van der Waals surface area contributed by atoms with Gasteiger partial charge in [0.25, 0.3) is 0 Å². The molecule has 0 saturated heterocycles. The lowest BCUT2D eigenvalue weighted by molar-refractivity contribution is -0.00000887. The molecule has 0 radical (unpaired) electrons. The van der Waals surface area contributed by atoms with E-state index >= 15 is 0 Å². The topological polar surface area (TPSA) is 66.6 Å². The summed E-state index contributed by atoms with van der Waals surface area (Å²) in [4.78, 5) is 8.45. The first kappa shape index (κ1) is 35.0. The maximum Gasteiger partial charge on any atom is 0.132 e. The van der Waals surface area contributed by atoms with Crippen LogP contribution >= 0.6 is 38.6 Å². The summed E-state index contributed by atoms with van der Waals surface area (Å²) < 4.78 is 13.1. The fraction of sp³-hybridized carbons (Fsp3) is 0.462. The Hall–Kier alpha value is -2.00. The number of halogens is 2. The van der Waals surface area contributed by atoms with Crippen molar-refractivity contribution in [2.24, 2.45) is 7.05 Å². The van der Waals surface area contributed by atoms with Crippen molar-refractivity contribution in [3.8, 4) is 17.6 Å². The summed E-state index contributed by atoms with van der Waals surface area (Å²) in [6, 6.07) is 1.75. The van der Waals surface area contributed by atoms with E-state index in [-0.39, 0.29) is 17.0 Å². The van der Waals surface area contributed by atoms with Crippen molar-refractivity contribution in [1.29, 1.82) is 5.26 Å². The van der Waals surface area contributed by atoms with Gasteiger partial charge in [-0.2, -0.15) is 5.26 Å². The van der Waals surface area contributed by atoms with Gasteiger partial charge in [0.15, 0.2) is 0 Å². The molecule has 4 heterocycles. The molecule has 3 aromatic heterocycles. The highest BCUT2D eigenvalue weighted by molar-refractivity contribution is 9.09. The van der Waals surface area contributed by atoms with E-state index in [1.807, 2.05) is 30.1 Å². The van der Waals surface area contributed by atoms with Crippen molar-refractivity contribution >= 4 is 38.6 Å². The molecule has 206 valence electrons. The molecular weight excluding hydrogens is 638 g/mol. The number of rotatable bonds is 7. The molecule has 0 aliphatic carbocycles. The Morgan fingerprint density at radius 2 is 1.54 bits per heavy atom. The van der Waals surface area contributed by atoms with Gasteiger partial charge < -0.3 is 40.8 Å². The molecule has 37 heavy (non-hydrogen) atoms. The van der Waals surface area contributed by atoms with Crippen LogP contribution in [0.4, 0.5) is 0 Å². The Balaban J connectivity index is 0.000000530. The first-order valence-corrected chi connectivity index (χ1v) is 14.5. The molecule has 0 spiro atoms. The van der Waals surface area contributed by atoms with Gasteiger partial charge in [-0.1, -0.05) is 15.9 Å². The fourth-order valence-corrected chi connectivity index (χ4v) is 4.47. The molecule has 11 heteroatoms. The fourth-order valence-electron chi connectivity index (χ4n) is 2.78. The van der Waals surface area contributed by atoms with Crippen LogP contribution in [0.3, 0.4) is 0 Å². The number of thiophene rings is 2. The van der Waals surface area contributed by atoms with Gasteiger partial charge in [-0.15, -0.1) is 22.7 Å². The van der Waals surface area contributed by atoms with Crippen LogP contribution in [0.5, 0.6) is 11.5 Å². The van der Waals surface area contributed by atoms with Crippen LogP contribution < -0.4 is 26.5 Å². The summed E-state index contributed by atoms with van der Waals surface area (Å²) >= 11 is 6.66. The van der Waals surface area contributed by atoms with E-state index < -0.39 is 0 Å². The number of nitrogens with zero attached hydrogens (tertiary/aromatic N) is 5. The highest BCUT2D eigenvalue weighted by atomic mass is 79.9. The summed E-state index contributed by atoms with van der Waals surface area (Å²) in [7, 11) is 4.06. The average molecular weight is 677 g/mol. The SMILES string of the molecule is CC#N.Cc1cscc1OCCBr.Cc1cscc1OCCN1C=CN(C)C1C.Cc1nccn1C.[Br-]. The van der Waals surface area contributed by atoms with Crippen LogP contribution in [0, 0.1) is 32.1 Å². The van der Waals surface area contributed by atoms with Crippen LogP contribution in [0.25, 0.3) is 0 Å². The van der Waals surface area contributed by atoms with Crippen molar-refractivity contribution in [1.82, 2.24) is 19.4 Å². The van der Waals surface area contributed by atoms with Gasteiger partial charge in [0, 0.05) is 73.0 Å². The predicted molar refractivity (Wildman–Crippen MR) is 155 cm³/mol. The zero-order chi connectivity index (χ0) is 26.9. The van der Waals surface area contributed by atoms with Gasteiger partial charge >= 0.3 is 0 Å². The average Bonchev–Trinajstić information content (AvgIpc) is 3.63. The molecule has 3 aromatic rings. The molecule has 1 atom stereocenters. The Morgan fingerprint density at radius 1 is 1.00 bits per heavy atom. The van der Waals surface area contributed by atoms with Crippen LogP contribution in [-0.4, -0.2) is 57.7 Å². The van der Waals surface area contributed by atoms with Gasteiger partial charge in [0.2, 0.25) is 0 Å². The number of nitriles is 1. The zero-order valence-electron chi connectivity index (χ0n) is 22.6. The van der Waals surface area contributed by atoms with E-state index in [9.17, 15) is 0 Å². The molecule has 1 aliphatic heterocycles. The lowest BCUT2D eigenvalue weighted by Gasteiger charge is -2.26. The molecule has 0 fully saturated rings. The van der Waals surface area contributed by atoms with Crippen molar-refractivity contribution < 1.29 is 26.5 Å². The van der Waals surface area contributed by atoms with Crippen molar-refractivity contribution in [3.63, 3.8) is 0 Å². The number of hydrogen-bond acceptors (Lipinski definition) is 8. The molecular formula is C26H38Br2N5O2S2-. The van der Waals surface area contributed by atoms with Gasteiger partial charge in [-0.3, -0.25) is 0 Å². The van der Waals surface area contributed by atoms with Crippen LogP contribution in [-0.2, 0) is 7.05 Å². The Kier molecular flexibility index (Phi) is 18.9. The van der Waals surface area contributed by atoms with E-state index in [2.05, 4.69) is 87.1 Å². The molecule has 0 bridgehead atoms. The summed E-state index contributed by atoms with van der Waals surface area (Å²) in [5, 5.41) is 16.5. The molecule has 0 aromatic carbocycles. The number of ether oxygens (including phenoxy) is 2. The van der Waals surface area contributed by atoms with Crippen LogP contribution in [0.2, 0.25) is 0 Å². The van der Waals surface area contributed by atoms with Crippen LogP contribution in [0.15, 0.2) is 46.3 Å². The highest BCUT2D eigenvalue weighted by Gasteiger charge is 2.17.